The van der Waals surface area contributed by atoms with Crippen LogP contribution < -0.4 is 0 Å². The summed E-state index contributed by atoms with van der Waals surface area (Å²) in [6.07, 6.45) is 14.5. The second-order valence-electron chi connectivity index (χ2n) is 13.6. The van der Waals surface area contributed by atoms with E-state index >= 15 is 0 Å². The molecule has 0 aliphatic heterocycles. The molecular weight excluding hydrogens is 719 g/mol. The van der Waals surface area contributed by atoms with Crippen LogP contribution in [0.25, 0.3) is 22.4 Å². The Labute approximate surface area is 280 Å². The van der Waals surface area contributed by atoms with E-state index in [4.69, 9.17) is 4.98 Å². The number of allylic oxidation sites excluding steroid dienone is 2. The molecular formula is C40H52IrNO2-. The van der Waals surface area contributed by atoms with E-state index < -0.39 is 0 Å². The number of aliphatic hydroxyl groups is 1. The summed E-state index contributed by atoms with van der Waals surface area (Å²) < 4.78 is 0. The largest absolute Gasteiger partial charge is 0.512 e. The smallest absolute Gasteiger partial charge is 0.162 e. The van der Waals surface area contributed by atoms with Crippen molar-refractivity contribution in [2.45, 2.75) is 113 Å². The molecule has 0 amide bonds. The van der Waals surface area contributed by atoms with E-state index in [2.05, 4.69) is 70.2 Å². The quantitative estimate of drug-likeness (QED) is 0.105. The van der Waals surface area contributed by atoms with E-state index in [0.29, 0.717) is 11.3 Å². The first-order chi connectivity index (χ1) is 20.5. The molecule has 239 valence electrons. The number of carbonyl (C=O) groups excluding carboxylic acids is 1. The molecule has 0 saturated heterocycles. The van der Waals surface area contributed by atoms with Crippen molar-refractivity contribution in [3.63, 3.8) is 0 Å². The average Bonchev–Trinajstić information content (AvgIpc) is 3.34. The van der Waals surface area contributed by atoms with Gasteiger partial charge in [-0.05, 0) is 85.3 Å². The maximum Gasteiger partial charge on any atom is 0.162 e. The van der Waals surface area contributed by atoms with E-state index in [1.54, 1.807) is 0 Å². The number of hydrogen-bond acceptors (Lipinski definition) is 3. The van der Waals surface area contributed by atoms with Crippen LogP contribution in [-0.4, -0.2) is 15.9 Å². The molecule has 0 unspecified atom stereocenters. The average molecular weight is 771 g/mol. The molecule has 1 saturated carbocycles. The normalized spacial score (nSPS) is 16.0. The van der Waals surface area contributed by atoms with E-state index in [1.165, 1.54) is 70.4 Å². The van der Waals surface area contributed by atoms with Crippen LogP contribution in [0.4, 0.5) is 0 Å². The molecule has 0 bridgehead atoms. The number of aryl methyl sites for hydroxylation is 2. The maximum atomic E-state index is 11.7. The van der Waals surface area contributed by atoms with Crippen LogP contribution in [-0.2, 0) is 24.9 Å². The fourth-order valence-corrected chi connectivity index (χ4v) is 6.91. The van der Waals surface area contributed by atoms with Crippen LogP contribution >= 0.6 is 0 Å². The van der Waals surface area contributed by atoms with E-state index in [0.717, 1.165) is 36.9 Å². The Bertz CT molecular complexity index is 1480. The summed E-state index contributed by atoms with van der Waals surface area (Å²) in [6, 6.07) is 15.0. The zero-order chi connectivity index (χ0) is 31.3. The van der Waals surface area contributed by atoms with Crippen LogP contribution in [0.3, 0.4) is 0 Å². The number of aromatic nitrogens is 1. The molecule has 0 atom stereocenters. The molecule has 1 heterocycles. The molecule has 44 heavy (non-hydrogen) atoms. The number of ketones is 1. The van der Waals surface area contributed by atoms with Crippen molar-refractivity contribution in [1.29, 1.82) is 0 Å². The topological polar surface area (TPSA) is 50.2 Å². The van der Waals surface area contributed by atoms with Crippen molar-refractivity contribution in [3.8, 4) is 0 Å². The second kappa shape index (κ2) is 15.6. The minimum atomic E-state index is 0. The summed E-state index contributed by atoms with van der Waals surface area (Å²) >= 11 is 0. The van der Waals surface area contributed by atoms with Gasteiger partial charge in [0.1, 0.15) is 0 Å². The van der Waals surface area contributed by atoms with Crippen molar-refractivity contribution in [2.75, 3.05) is 0 Å². The van der Waals surface area contributed by atoms with Crippen molar-refractivity contribution < 1.29 is 30.0 Å². The third-order valence-corrected chi connectivity index (χ3v) is 9.80. The Morgan fingerprint density at radius 2 is 1.64 bits per heavy atom. The van der Waals surface area contributed by atoms with Crippen molar-refractivity contribution in [1.82, 2.24) is 4.98 Å². The predicted molar refractivity (Wildman–Crippen MR) is 182 cm³/mol. The summed E-state index contributed by atoms with van der Waals surface area (Å²) in [5.41, 5.74) is 9.31. The van der Waals surface area contributed by atoms with Gasteiger partial charge in [0, 0.05) is 55.3 Å². The predicted octanol–water partition coefficient (Wildman–Crippen LogP) is 11.1. The number of nitrogens with zero attached hydrogens (tertiary/aromatic N) is 1. The molecule has 2 aromatic carbocycles. The molecule has 2 aliphatic carbocycles. The van der Waals surface area contributed by atoms with Crippen molar-refractivity contribution in [2.24, 2.45) is 17.3 Å². The molecule has 3 nitrogen and oxygen atoms in total. The number of hydrogen-bond donors (Lipinski definition) is 1. The Hall–Kier alpha value is -2.55. The Balaban J connectivity index is 0.000000286. The van der Waals surface area contributed by atoms with Gasteiger partial charge < -0.3 is 5.11 Å². The SMILES string of the molecule is CCC(CC)C(=O)/C=C(\O)C(CC)CC.Cc1[c-]c(C2=Cc3cc(C4CCC(C)(C)CC4)cc4ccnc2c34)cc(C)c1.[Ir]. The van der Waals surface area contributed by atoms with Gasteiger partial charge in [0.2, 0.25) is 0 Å². The molecule has 4 heteroatoms. The van der Waals surface area contributed by atoms with E-state index in [1.807, 2.05) is 33.9 Å². The standard InChI is InChI=1S/C27H28N.C13H24O2.Ir/c1-17-11-18(2)13-22(12-17)24-16-23-15-21(19-5-8-27(3,4)9-6-19)14-20-7-10-28-26(24)25(20)23;1-5-10(6-2)12(14)9-13(15)11(7-3)8-4;/h7,10-12,14-16,19H,5-6,8-9H2,1-4H3;9-11,14H,5-8H2,1-4H3;/q-1;;/b;12-9-;. The minimum Gasteiger partial charge on any atom is -0.512 e. The van der Waals surface area contributed by atoms with Crippen LogP contribution in [0, 0.1) is 37.2 Å². The molecule has 3 aromatic rings. The third kappa shape index (κ3) is 8.37. The van der Waals surface area contributed by atoms with E-state index in [-0.39, 0.29) is 43.5 Å². The molecule has 2 aliphatic rings. The molecule has 1 N–H and O–H groups in total. The summed E-state index contributed by atoms with van der Waals surface area (Å²) in [5.74, 6) is 1.24. The minimum absolute atomic E-state index is 0. The van der Waals surface area contributed by atoms with Gasteiger partial charge in [-0.1, -0.05) is 79.2 Å². The number of carbonyl (C=O) groups is 1. The van der Waals surface area contributed by atoms with Crippen LogP contribution in [0.15, 0.2) is 48.4 Å². The first-order valence-corrected chi connectivity index (χ1v) is 16.6. The van der Waals surface area contributed by atoms with Gasteiger partial charge in [0.25, 0.3) is 0 Å². The first-order valence-electron chi connectivity index (χ1n) is 16.6. The Morgan fingerprint density at radius 3 is 2.23 bits per heavy atom. The van der Waals surface area contributed by atoms with Crippen LogP contribution in [0.2, 0.25) is 0 Å². The Morgan fingerprint density at radius 1 is 1.00 bits per heavy atom. The van der Waals surface area contributed by atoms with Gasteiger partial charge in [-0.2, -0.15) is 0 Å². The van der Waals surface area contributed by atoms with Crippen LogP contribution in [0.5, 0.6) is 0 Å². The summed E-state index contributed by atoms with van der Waals surface area (Å²) in [7, 11) is 0. The Kier molecular flexibility index (Phi) is 12.8. The van der Waals surface area contributed by atoms with Gasteiger partial charge in [-0.25, -0.2) is 0 Å². The molecule has 1 fully saturated rings. The molecule has 1 radical (unpaired) electrons. The van der Waals surface area contributed by atoms with Gasteiger partial charge in [-0.15, -0.1) is 34.9 Å². The second-order valence-corrected chi connectivity index (χ2v) is 13.6. The molecule has 1 aromatic heterocycles. The number of pyridine rings is 1. The summed E-state index contributed by atoms with van der Waals surface area (Å²) in [4.78, 5) is 16.5. The number of rotatable bonds is 9. The van der Waals surface area contributed by atoms with Gasteiger partial charge in [0.05, 0.1) is 5.76 Å². The van der Waals surface area contributed by atoms with Crippen molar-refractivity contribution >= 4 is 28.2 Å². The summed E-state index contributed by atoms with van der Waals surface area (Å²) in [6.45, 7) is 17.2. The molecule has 5 rings (SSSR count). The van der Waals surface area contributed by atoms with Gasteiger partial charge >= 0.3 is 0 Å². The molecule has 0 spiro atoms. The monoisotopic (exact) mass is 771 g/mol. The van der Waals surface area contributed by atoms with Gasteiger partial charge in [0.15, 0.2) is 5.78 Å². The summed E-state index contributed by atoms with van der Waals surface area (Å²) in [5, 5.41) is 12.4. The zero-order valence-electron chi connectivity index (χ0n) is 28.1. The maximum absolute atomic E-state index is 11.7. The number of benzene rings is 2. The number of aliphatic hydroxyl groups excluding tert-OH is 1. The zero-order valence-corrected chi connectivity index (χ0v) is 30.5. The third-order valence-electron chi connectivity index (χ3n) is 9.80. The van der Waals surface area contributed by atoms with Gasteiger partial charge in [-0.3, -0.25) is 9.78 Å². The fourth-order valence-electron chi connectivity index (χ4n) is 6.91. The van der Waals surface area contributed by atoms with Crippen molar-refractivity contribution in [3.05, 3.63) is 87.9 Å². The van der Waals surface area contributed by atoms with Crippen LogP contribution in [0.1, 0.15) is 132 Å². The first kappa shape index (κ1) is 35.9. The fraction of sp³-hybridized carbons (Fsp3) is 0.500. The van der Waals surface area contributed by atoms with E-state index in [9.17, 15) is 9.90 Å².